The van der Waals surface area contributed by atoms with E-state index >= 15 is 0 Å². The summed E-state index contributed by atoms with van der Waals surface area (Å²) in [5.74, 6) is 2.77. The second-order valence-corrected chi connectivity index (χ2v) is 13.9. The van der Waals surface area contributed by atoms with E-state index in [2.05, 4.69) is 56.0 Å². The van der Waals surface area contributed by atoms with Crippen LogP contribution in [-0.2, 0) is 13.0 Å². The highest BCUT2D eigenvalue weighted by atomic mass is 19.1. The Balaban J connectivity index is 1.25. The van der Waals surface area contributed by atoms with Gasteiger partial charge in [-0.1, -0.05) is 26.8 Å². The van der Waals surface area contributed by atoms with Crippen LogP contribution >= 0.6 is 0 Å². The molecule has 0 amide bonds. The molecule has 1 aliphatic heterocycles. The SMILES string of the molecule is COc1ccc(CCn2cnc3cc(N/C(=N/C4C[C@@H]5C[C@H]([C@@H]4C)C5(C)C)N4C[C@@H](C)N(C#N)[C@@H](C)C4)ccc3c2=O)c(F)c1. The fourth-order valence-corrected chi connectivity index (χ4v) is 7.96. The Bertz CT molecular complexity index is 1700. The van der Waals surface area contributed by atoms with Crippen LogP contribution in [-0.4, -0.2) is 63.6 Å². The molecule has 2 heterocycles. The average Bonchev–Trinajstić information content (AvgIpc) is 3.01. The van der Waals surface area contributed by atoms with Gasteiger partial charge in [-0.15, -0.1) is 0 Å². The molecule has 2 bridgehead atoms. The first-order valence-electron chi connectivity index (χ1n) is 16.1. The summed E-state index contributed by atoms with van der Waals surface area (Å²) < 4.78 is 21.1. The molecule has 3 aliphatic carbocycles. The minimum absolute atomic E-state index is 0.0602. The number of nitrogens with zero attached hydrogens (tertiary/aromatic N) is 6. The molecule has 10 heteroatoms. The standard InChI is InChI=1S/C35H44FN7O2/c1-21-17-42(18-22(2)43(21)19-37)34(40-31-14-25-13-29(23(31)3)35(25,4)5)39-26-8-10-28-32(15-26)38-20-41(33(28)44)12-11-24-7-9-27(45-6)16-30(24)36/h7-10,15-16,20-23,25,29,31H,11-14,17-18H2,1-6H3,(H,39,40)/t21-,22+,23-,25-,29+,31?/m0/s1. The molecule has 2 aromatic carbocycles. The summed E-state index contributed by atoms with van der Waals surface area (Å²) in [6, 6.07) is 10.7. The van der Waals surface area contributed by atoms with Crippen LogP contribution in [0.5, 0.6) is 5.75 Å². The lowest BCUT2D eigenvalue weighted by Gasteiger charge is -2.61. The minimum Gasteiger partial charge on any atom is -0.497 e. The van der Waals surface area contributed by atoms with E-state index in [9.17, 15) is 14.4 Å². The summed E-state index contributed by atoms with van der Waals surface area (Å²) >= 11 is 0. The topological polar surface area (TPSA) is 98.8 Å². The Hall–Kier alpha value is -4.13. The van der Waals surface area contributed by atoms with Gasteiger partial charge in [0.15, 0.2) is 12.2 Å². The van der Waals surface area contributed by atoms with Crippen LogP contribution < -0.4 is 15.6 Å². The number of rotatable bonds is 6. The first-order chi connectivity index (χ1) is 21.5. The molecule has 1 aromatic heterocycles. The highest BCUT2D eigenvalue weighted by Gasteiger charge is 2.56. The predicted molar refractivity (Wildman–Crippen MR) is 175 cm³/mol. The highest BCUT2D eigenvalue weighted by molar-refractivity contribution is 5.96. The largest absolute Gasteiger partial charge is 0.497 e. The van der Waals surface area contributed by atoms with Gasteiger partial charge in [-0.2, -0.15) is 5.26 Å². The number of nitriles is 1. The van der Waals surface area contributed by atoms with Crippen LogP contribution in [0.4, 0.5) is 10.1 Å². The van der Waals surface area contributed by atoms with Crippen LogP contribution in [0, 0.1) is 40.4 Å². The molecule has 4 fully saturated rings. The van der Waals surface area contributed by atoms with Gasteiger partial charge in [0, 0.05) is 31.4 Å². The normalized spacial score (nSPS) is 27.6. The molecule has 3 saturated carbocycles. The van der Waals surface area contributed by atoms with Gasteiger partial charge < -0.3 is 19.9 Å². The Morgan fingerprint density at radius 3 is 2.56 bits per heavy atom. The number of aryl methyl sites for hydroxylation is 2. The number of aromatic nitrogens is 2. The number of ether oxygens (including phenoxy) is 1. The lowest BCUT2D eigenvalue weighted by atomic mass is 9.45. The number of aliphatic imine (C=N–C) groups is 1. The number of methoxy groups -OCH3 is 1. The molecule has 7 rings (SSSR count). The molecule has 6 atom stereocenters. The second kappa shape index (κ2) is 12.0. The lowest BCUT2D eigenvalue weighted by molar-refractivity contribution is -0.108. The van der Waals surface area contributed by atoms with Crippen LogP contribution in [0.15, 0.2) is 52.5 Å². The van der Waals surface area contributed by atoms with Crippen molar-refractivity contribution < 1.29 is 9.13 Å². The fraction of sp³-hybridized carbons (Fsp3) is 0.543. The Kier molecular flexibility index (Phi) is 8.23. The number of halogens is 1. The summed E-state index contributed by atoms with van der Waals surface area (Å²) in [5, 5.41) is 13.8. The monoisotopic (exact) mass is 613 g/mol. The van der Waals surface area contributed by atoms with E-state index in [1.807, 2.05) is 17.0 Å². The number of piperazine rings is 1. The molecular weight excluding hydrogens is 569 g/mol. The minimum atomic E-state index is -0.356. The van der Waals surface area contributed by atoms with Gasteiger partial charge in [0.05, 0.1) is 42.5 Å². The van der Waals surface area contributed by atoms with E-state index in [1.165, 1.54) is 30.5 Å². The van der Waals surface area contributed by atoms with Crippen molar-refractivity contribution in [2.24, 2.45) is 28.2 Å². The van der Waals surface area contributed by atoms with Gasteiger partial charge >= 0.3 is 0 Å². The average molecular weight is 614 g/mol. The van der Waals surface area contributed by atoms with Crippen LogP contribution in [0.1, 0.15) is 53.0 Å². The summed E-state index contributed by atoms with van der Waals surface area (Å²) in [7, 11) is 1.50. The van der Waals surface area contributed by atoms with E-state index in [0.717, 1.165) is 18.1 Å². The van der Waals surface area contributed by atoms with E-state index in [0.29, 0.717) is 71.4 Å². The molecule has 1 N–H and O–H groups in total. The first kappa shape index (κ1) is 30.9. The fourth-order valence-electron chi connectivity index (χ4n) is 7.96. The lowest BCUT2D eigenvalue weighted by Crippen LogP contribution is -2.59. The molecule has 0 radical (unpaired) electrons. The smallest absolute Gasteiger partial charge is 0.261 e. The van der Waals surface area contributed by atoms with Gasteiger partial charge in [-0.05, 0) is 86.1 Å². The van der Waals surface area contributed by atoms with E-state index in [4.69, 9.17) is 9.73 Å². The maximum atomic E-state index is 14.5. The second-order valence-electron chi connectivity index (χ2n) is 13.9. The Labute approximate surface area is 264 Å². The third-order valence-corrected chi connectivity index (χ3v) is 10.9. The molecule has 0 spiro atoms. The van der Waals surface area contributed by atoms with Gasteiger partial charge in [0.2, 0.25) is 0 Å². The predicted octanol–water partition coefficient (Wildman–Crippen LogP) is 5.50. The first-order valence-corrected chi connectivity index (χ1v) is 16.1. The maximum Gasteiger partial charge on any atom is 0.261 e. The van der Waals surface area contributed by atoms with E-state index in [-0.39, 0.29) is 29.5 Å². The number of fused-ring (bicyclic) bond motifs is 3. The van der Waals surface area contributed by atoms with E-state index < -0.39 is 0 Å². The third kappa shape index (κ3) is 5.73. The zero-order valence-corrected chi connectivity index (χ0v) is 27.1. The molecule has 1 saturated heterocycles. The van der Waals surface area contributed by atoms with Gasteiger partial charge in [-0.25, -0.2) is 14.4 Å². The molecule has 1 unspecified atom stereocenters. The number of hydrogen-bond acceptors (Lipinski definition) is 6. The highest BCUT2D eigenvalue weighted by Crippen LogP contribution is 2.61. The third-order valence-electron chi connectivity index (χ3n) is 10.9. The Morgan fingerprint density at radius 1 is 1.16 bits per heavy atom. The summed E-state index contributed by atoms with van der Waals surface area (Å²) in [6.45, 7) is 13.0. The van der Waals surface area contributed by atoms with Crippen molar-refractivity contribution >= 4 is 22.5 Å². The summed E-state index contributed by atoms with van der Waals surface area (Å²) in [4.78, 5) is 27.5. The number of hydrogen-bond donors (Lipinski definition) is 1. The van der Waals surface area contributed by atoms with Crippen molar-refractivity contribution in [2.45, 2.75) is 78.6 Å². The van der Waals surface area contributed by atoms with Crippen molar-refractivity contribution in [3.63, 3.8) is 0 Å². The van der Waals surface area contributed by atoms with Gasteiger partial charge in [0.1, 0.15) is 11.6 Å². The van der Waals surface area contributed by atoms with Gasteiger partial charge in [-0.3, -0.25) is 9.36 Å². The Morgan fingerprint density at radius 2 is 1.91 bits per heavy atom. The van der Waals surface area contributed by atoms with Gasteiger partial charge in [0.25, 0.3) is 5.56 Å². The number of anilines is 1. The van der Waals surface area contributed by atoms with Crippen LogP contribution in [0.25, 0.3) is 10.9 Å². The van der Waals surface area contributed by atoms with E-state index in [1.54, 1.807) is 18.2 Å². The molecule has 3 aromatic rings. The molecule has 9 nitrogen and oxygen atoms in total. The number of guanidine groups is 1. The van der Waals surface area contributed by atoms with Crippen molar-refractivity contribution in [3.05, 3.63) is 64.5 Å². The molecule has 4 aliphatic rings. The van der Waals surface area contributed by atoms with Crippen molar-refractivity contribution in [2.75, 3.05) is 25.5 Å². The summed E-state index contributed by atoms with van der Waals surface area (Å²) in [5.41, 5.74) is 2.12. The molecular formula is C35H44FN7O2. The number of nitrogens with one attached hydrogen (secondary N) is 1. The van der Waals surface area contributed by atoms with Crippen LogP contribution in [0.2, 0.25) is 0 Å². The number of benzene rings is 2. The van der Waals surface area contributed by atoms with Crippen molar-refractivity contribution in [3.8, 4) is 11.9 Å². The summed E-state index contributed by atoms with van der Waals surface area (Å²) in [6.07, 6.45) is 6.63. The molecule has 45 heavy (non-hydrogen) atoms. The van der Waals surface area contributed by atoms with Crippen molar-refractivity contribution in [1.82, 2.24) is 19.4 Å². The maximum absolute atomic E-state index is 14.5. The quantitative estimate of drug-likeness (QED) is 0.223. The zero-order valence-electron chi connectivity index (χ0n) is 27.1. The van der Waals surface area contributed by atoms with Crippen molar-refractivity contribution in [1.29, 1.82) is 5.26 Å². The zero-order chi connectivity index (χ0) is 32.0. The van der Waals surface area contributed by atoms with Crippen LogP contribution in [0.3, 0.4) is 0 Å². The molecule has 238 valence electrons.